The second kappa shape index (κ2) is 4.77. The maximum atomic E-state index is 11.0. The Morgan fingerprint density at radius 1 is 1.57 bits per heavy atom. The SMILES string of the molecule is CCOc1cccc(C(N)C(C)=O)c1. The maximum absolute atomic E-state index is 11.0. The molecule has 0 saturated carbocycles. The molecule has 76 valence electrons. The van der Waals surface area contributed by atoms with Crippen LogP contribution in [0.2, 0.25) is 0 Å². The van der Waals surface area contributed by atoms with Gasteiger partial charge in [-0.1, -0.05) is 12.1 Å². The molecule has 0 spiro atoms. The lowest BCUT2D eigenvalue weighted by Crippen LogP contribution is -2.18. The molecule has 0 saturated heterocycles. The van der Waals surface area contributed by atoms with E-state index in [1.165, 1.54) is 6.92 Å². The average molecular weight is 193 g/mol. The number of carbonyl (C=O) groups is 1. The molecule has 14 heavy (non-hydrogen) atoms. The Hall–Kier alpha value is -1.35. The zero-order valence-electron chi connectivity index (χ0n) is 8.49. The van der Waals surface area contributed by atoms with Crippen LogP contribution in [0.15, 0.2) is 24.3 Å². The van der Waals surface area contributed by atoms with E-state index >= 15 is 0 Å². The molecule has 0 heterocycles. The van der Waals surface area contributed by atoms with Crippen LogP contribution in [0.25, 0.3) is 0 Å². The molecule has 0 fully saturated rings. The van der Waals surface area contributed by atoms with E-state index in [0.717, 1.165) is 11.3 Å². The molecule has 1 aromatic rings. The second-order valence-electron chi connectivity index (χ2n) is 3.09. The molecule has 0 aromatic heterocycles. The molecular formula is C11H15NO2. The molecule has 0 amide bonds. The van der Waals surface area contributed by atoms with Crippen molar-refractivity contribution in [3.05, 3.63) is 29.8 Å². The number of carbonyl (C=O) groups excluding carboxylic acids is 1. The van der Waals surface area contributed by atoms with Gasteiger partial charge in [0.15, 0.2) is 5.78 Å². The summed E-state index contributed by atoms with van der Waals surface area (Å²) >= 11 is 0. The van der Waals surface area contributed by atoms with E-state index in [1.54, 1.807) is 6.07 Å². The fraction of sp³-hybridized carbons (Fsp3) is 0.364. The summed E-state index contributed by atoms with van der Waals surface area (Å²) in [4.78, 5) is 11.0. The van der Waals surface area contributed by atoms with Gasteiger partial charge in [0.25, 0.3) is 0 Å². The molecule has 1 unspecified atom stereocenters. The third-order valence-electron chi connectivity index (χ3n) is 1.97. The fourth-order valence-electron chi connectivity index (χ4n) is 1.20. The number of hydrogen-bond acceptors (Lipinski definition) is 3. The molecule has 0 aliphatic rings. The third-order valence-corrected chi connectivity index (χ3v) is 1.97. The first-order valence-electron chi connectivity index (χ1n) is 4.64. The zero-order chi connectivity index (χ0) is 10.6. The molecule has 3 heteroatoms. The van der Waals surface area contributed by atoms with Gasteiger partial charge in [-0.2, -0.15) is 0 Å². The Morgan fingerprint density at radius 2 is 2.29 bits per heavy atom. The van der Waals surface area contributed by atoms with E-state index in [-0.39, 0.29) is 5.78 Å². The summed E-state index contributed by atoms with van der Waals surface area (Å²) < 4.78 is 5.31. The summed E-state index contributed by atoms with van der Waals surface area (Å²) in [5.74, 6) is 0.709. The van der Waals surface area contributed by atoms with Crippen molar-refractivity contribution in [2.24, 2.45) is 5.73 Å². The normalized spacial score (nSPS) is 12.2. The minimum absolute atomic E-state index is 0.0429. The maximum Gasteiger partial charge on any atom is 0.150 e. The number of benzene rings is 1. The number of ketones is 1. The highest BCUT2D eigenvalue weighted by molar-refractivity contribution is 5.82. The molecule has 1 rings (SSSR count). The lowest BCUT2D eigenvalue weighted by molar-refractivity contribution is -0.118. The minimum atomic E-state index is -0.546. The largest absolute Gasteiger partial charge is 0.494 e. The van der Waals surface area contributed by atoms with Gasteiger partial charge in [0.1, 0.15) is 5.75 Å². The predicted molar refractivity (Wildman–Crippen MR) is 55.2 cm³/mol. The van der Waals surface area contributed by atoms with Crippen molar-refractivity contribution >= 4 is 5.78 Å². The van der Waals surface area contributed by atoms with Gasteiger partial charge in [-0.3, -0.25) is 4.79 Å². The molecule has 0 radical (unpaired) electrons. The number of nitrogens with two attached hydrogens (primary N) is 1. The summed E-state index contributed by atoms with van der Waals surface area (Å²) in [7, 11) is 0. The van der Waals surface area contributed by atoms with Gasteiger partial charge in [-0.15, -0.1) is 0 Å². The minimum Gasteiger partial charge on any atom is -0.494 e. The first-order valence-corrected chi connectivity index (χ1v) is 4.64. The highest BCUT2D eigenvalue weighted by atomic mass is 16.5. The summed E-state index contributed by atoms with van der Waals surface area (Å²) in [6.07, 6.45) is 0. The van der Waals surface area contributed by atoms with Crippen molar-refractivity contribution in [2.45, 2.75) is 19.9 Å². The Bertz CT molecular complexity index is 323. The van der Waals surface area contributed by atoms with Crippen LogP contribution in [0.5, 0.6) is 5.75 Å². The molecule has 1 atom stereocenters. The van der Waals surface area contributed by atoms with Gasteiger partial charge in [-0.25, -0.2) is 0 Å². The van der Waals surface area contributed by atoms with Gasteiger partial charge < -0.3 is 10.5 Å². The van der Waals surface area contributed by atoms with Crippen LogP contribution in [-0.2, 0) is 4.79 Å². The van der Waals surface area contributed by atoms with Crippen molar-refractivity contribution < 1.29 is 9.53 Å². The van der Waals surface area contributed by atoms with Gasteiger partial charge in [0, 0.05) is 0 Å². The molecule has 0 aliphatic heterocycles. The molecule has 3 nitrogen and oxygen atoms in total. The topological polar surface area (TPSA) is 52.3 Å². The average Bonchev–Trinajstić information content (AvgIpc) is 2.17. The monoisotopic (exact) mass is 193 g/mol. The lowest BCUT2D eigenvalue weighted by atomic mass is 10.0. The lowest BCUT2D eigenvalue weighted by Gasteiger charge is -2.10. The second-order valence-corrected chi connectivity index (χ2v) is 3.09. The van der Waals surface area contributed by atoms with Gasteiger partial charge in [0.05, 0.1) is 12.6 Å². The van der Waals surface area contributed by atoms with E-state index in [4.69, 9.17) is 10.5 Å². The van der Waals surface area contributed by atoms with Crippen molar-refractivity contribution in [3.63, 3.8) is 0 Å². The third kappa shape index (κ3) is 2.57. The van der Waals surface area contributed by atoms with Crippen LogP contribution in [0.4, 0.5) is 0 Å². The number of Topliss-reactive ketones (excluding diaryl/α,β-unsaturated/α-hetero) is 1. The van der Waals surface area contributed by atoms with Crippen LogP contribution >= 0.6 is 0 Å². The first kappa shape index (κ1) is 10.7. The van der Waals surface area contributed by atoms with Gasteiger partial charge in [0.2, 0.25) is 0 Å². The van der Waals surface area contributed by atoms with Crippen LogP contribution < -0.4 is 10.5 Å². The Balaban J connectivity index is 2.87. The van der Waals surface area contributed by atoms with E-state index in [2.05, 4.69) is 0 Å². The first-order chi connectivity index (χ1) is 6.65. The molecule has 0 aliphatic carbocycles. The molecule has 1 aromatic carbocycles. The number of hydrogen-bond donors (Lipinski definition) is 1. The van der Waals surface area contributed by atoms with Crippen LogP contribution in [0.1, 0.15) is 25.5 Å². The van der Waals surface area contributed by atoms with E-state index < -0.39 is 6.04 Å². The van der Waals surface area contributed by atoms with Crippen LogP contribution in [0, 0.1) is 0 Å². The van der Waals surface area contributed by atoms with Crippen molar-refractivity contribution in [1.29, 1.82) is 0 Å². The van der Waals surface area contributed by atoms with Crippen molar-refractivity contribution in [2.75, 3.05) is 6.61 Å². The van der Waals surface area contributed by atoms with E-state index in [9.17, 15) is 4.79 Å². The molecular weight excluding hydrogens is 178 g/mol. The quantitative estimate of drug-likeness (QED) is 0.791. The van der Waals surface area contributed by atoms with Crippen molar-refractivity contribution in [3.8, 4) is 5.75 Å². The smallest absolute Gasteiger partial charge is 0.150 e. The Labute approximate surface area is 83.9 Å². The number of rotatable bonds is 4. The molecule has 2 N–H and O–H groups in total. The van der Waals surface area contributed by atoms with Crippen molar-refractivity contribution in [1.82, 2.24) is 0 Å². The summed E-state index contributed by atoms with van der Waals surface area (Å²) in [5.41, 5.74) is 6.49. The van der Waals surface area contributed by atoms with Crippen LogP contribution in [0.3, 0.4) is 0 Å². The number of ether oxygens (including phenoxy) is 1. The highest BCUT2D eigenvalue weighted by Gasteiger charge is 2.10. The van der Waals surface area contributed by atoms with Gasteiger partial charge >= 0.3 is 0 Å². The zero-order valence-corrected chi connectivity index (χ0v) is 8.49. The Kier molecular flexibility index (Phi) is 3.65. The van der Waals surface area contributed by atoms with Gasteiger partial charge in [-0.05, 0) is 31.5 Å². The standard InChI is InChI=1S/C11H15NO2/c1-3-14-10-6-4-5-9(7-10)11(12)8(2)13/h4-7,11H,3,12H2,1-2H3. The molecule has 0 bridgehead atoms. The summed E-state index contributed by atoms with van der Waals surface area (Å²) in [5, 5.41) is 0. The van der Waals surface area contributed by atoms with E-state index in [0.29, 0.717) is 6.61 Å². The Morgan fingerprint density at radius 3 is 2.86 bits per heavy atom. The fourth-order valence-corrected chi connectivity index (χ4v) is 1.20. The highest BCUT2D eigenvalue weighted by Crippen LogP contribution is 2.18. The predicted octanol–water partition coefficient (Wildman–Crippen LogP) is 1.67. The summed E-state index contributed by atoms with van der Waals surface area (Å²) in [6, 6.07) is 6.77. The van der Waals surface area contributed by atoms with E-state index in [1.807, 2.05) is 25.1 Å². The van der Waals surface area contributed by atoms with Crippen LogP contribution in [-0.4, -0.2) is 12.4 Å². The summed E-state index contributed by atoms with van der Waals surface area (Å²) in [6.45, 7) is 4.01.